The van der Waals surface area contributed by atoms with Crippen molar-refractivity contribution in [2.24, 2.45) is 0 Å². The smallest absolute Gasteiger partial charge is 0.323 e. The van der Waals surface area contributed by atoms with E-state index in [1.807, 2.05) is 30.3 Å². The highest BCUT2D eigenvalue weighted by atomic mass is 32.2. The summed E-state index contributed by atoms with van der Waals surface area (Å²) in [6, 6.07) is 11.3. The minimum Gasteiger partial charge on any atom is -0.480 e. The molecule has 240 valence electrons. The van der Waals surface area contributed by atoms with Crippen LogP contribution in [-0.4, -0.2) is 73.7 Å². The van der Waals surface area contributed by atoms with Crippen molar-refractivity contribution in [1.29, 1.82) is 0 Å². The number of fused-ring (bicyclic) bond motifs is 3. The monoisotopic (exact) mass is 703 g/mol. The van der Waals surface area contributed by atoms with Crippen molar-refractivity contribution in [2.75, 3.05) is 23.7 Å². The molecule has 0 aliphatic carbocycles. The van der Waals surface area contributed by atoms with Crippen molar-refractivity contribution in [3.63, 3.8) is 0 Å². The number of thioether (sulfide) groups is 1. The van der Waals surface area contributed by atoms with Gasteiger partial charge in [-0.15, -0.1) is 11.3 Å². The Labute approximate surface area is 274 Å². The Morgan fingerprint density at radius 3 is 2.46 bits per heavy atom. The van der Waals surface area contributed by atoms with Gasteiger partial charge < -0.3 is 19.8 Å². The van der Waals surface area contributed by atoms with Crippen LogP contribution in [0.15, 0.2) is 64.8 Å². The molecule has 0 spiro atoms. The molecular formula is C29H25N3O10S4. The number of carboxylic acids is 2. The van der Waals surface area contributed by atoms with Crippen molar-refractivity contribution < 1.29 is 42.3 Å². The molecule has 2 aromatic carbocycles. The van der Waals surface area contributed by atoms with E-state index in [9.17, 15) is 37.3 Å². The number of thiazole rings is 1. The number of aliphatic carboxylic acids is 2. The number of carbonyl (C=O) groups is 3. The number of carboxylic acid groups (broad SMARTS) is 2. The predicted octanol–water partition coefficient (Wildman–Crippen LogP) is 1.95. The van der Waals surface area contributed by atoms with Crippen LogP contribution in [0, 0.1) is 0 Å². The van der Waals surface area contributed by atoms with Gasteiger partial charge in [0.05, 0.1) is 16.0 Å². The summed E-state index contributed by atoms with van der Waals surface area (Å²) in [7, 11) is -4.18. The number of ether oxygens (including phenoxy) is 1. The molecule has 0 bridgehead atoms. The van der Waals surface area contributed by atoms with E-state index in [0.29, 0.717) is 17.2 Å². The van der Waals surface area contributed by atoms with E-state index in [4.69, 9.17) is 22.1 Å². The van der Waals surface area contributed by atoms with Crippen LogP contribution < -0.4 is 24.4 Å². The lowest BCUT2D eigenvalue weighted by atomic mass is 10.1. The summed E-state index contributed by atoms with van der Waals surface area (Å²) in [6.45, 7) is 0.506. The summed E-state index contributed by atoms with van der Waals surface area (Å²) < 4.78 is 39.2. The molecule has 0 radical (unpaired) electrons. The molecule has 0 saturated carbocycles. The zero-order valence-electron chi connectivity index (χ0n) is 23.9. The van der Waals surface area contributed by atoms with Crippen LogP contribution in [0.4, 0.5) is 5.69 Å². The topological polar surface area (TPSA) is 184 Å². The average molecular weight is 704 g/mol. The van der Waals surface area contributed by atoms with Crippen LogP contribution in [0.25, 0.3) is 21.8 Å². The zero-order valence-corrected chi connectivity index (χ0v) is 27.2. The van der Waals surface area contributed by atoms with Gasteiger partial charge in [0.2, 0.25) is 5.88 Å². The van der Waals surface area contributed by atoms with Crippen LogP contribution in [0.2, 0.25) is 0 Å². The van der Waals surface area contributed by atoms with Gasteiger partial charge in [0.15, 0.2) is 5.75 Å². The molecule has 3 heterocycles. The van der Waals surface area contributed by atoms with Crippen molar-refractivity contribution in [2.45, 2.75) is 19.9 Å². The summed E-state index contributed by atoms with van der Waals surface area (Å²) in [5.41, 5.74) is 0.634. The Bertz CT molecular complexity index is 2170. The molecule has 2 aliphatic rings. The van der Waals surface area contributed by atoms with Gasteiger partial charge in [-0.3, -0.25) is 33.2 Å². The fourth-order valence-corrected chi connectivity index (χ4v) is 7.90. The lowest BCUT2D eigenvalue weighted by molar-refractivity contribution is -0.140. The summed E-state index contributed by atoms with van der Waals surface area (Å²) in [4.78, 5) is 51.7. The summed E-state index contributed by atoms with van der Waals surface area (Å²) in [6.07, 6.45) is 4.93. The van der Waals surface area contributed by atoms with Crippen LogP contribution in [-0.2, 0) is 31.0 Å². The maximum Gasteiger partial charge on any atom is 0.323 e. The minimum atomic E-state index is -4.18. The molecular weight excluding hydrogens is 679 g/mol. The number of allylic oxidation sites excluding steroid dienone is 3. The van der Waals surface area contributed by atoms with Crippen LogP contribution in [0.3, 0.4) is 0 Å². The number of carbonyl (C=O) groups excluding carboxylic acids is 1. The molecule has 1 fully saturated rings. The van der Waals surface area contributed by atoms with Crippen LogP contribution in [0.5, 0.6) is 5.75 Å². The van der Waals surface area contributed by atoms with Gasteiger partial charge in [-0.25, -0.2) is 0 Å². The molecule has 46 heavy (non-hydrogen) atoms. The van der Waals surface area contributed by atoms with E-state index in [0.717, 1.165) is 49.0 Å². The first-order valence-corrected chi connectivity index (χ1v) is 17.1. The summed E-state index contributed by atoms with van der Waals surface area (Å²) in [5, 5.41) is 20.4. The number of thiocarbonyl (C=S) groups is 1. The lowest BCUT2D eigenvalue weighted by Crippen LogP contribution is -2.36. The predicted molar refractivity (Wildman–Crippen MR) is 178 cm³/mol. The van der Waals surface area contributed by atoms with Crippen LogP contribution >= 0.6 is 35.3 Å². The van der Waals surface area contributed by atoms with Crippen molar-refractivity contribution in [1.82, 2.24) is 9.47 Å². The lowest BCUT2D eigenvalue weighted by Gasteiger charge is -2.19. The van der Waals surface area contributed by atoms with Gasteiger partial charge >= 0.3 is 11.9 Å². The standard InChI is InChI=1S/C29H25N3O10S4/c1-16(13-20-26(37)31(14-22(33)34)28(44-20)25-27(38)32(15-23(35)36)29(43)45-25)7-10-21-30(11-4-12-46(39,40)41)24-18-6-3-2-5-17(18)8-9-19(24)42-21/h2-3,5-10,13H,4,11-12,14-15H2,1H3,(H,33,34)(H,35,36)(H,39,40,41)/b16-7?,20-13?,21-10?,28-25+. The number of benzene rings is 2. The second-order valence-electron chi connectivity index (χ2n) is 10.1. The number of hydrogen-bond acceptors (Lipinski definition) is 11. The molecule has 3 aromatic rings. The van der Waals surface area contributed by atoms with Gasteiger partial charge in [0, 0.05) is 11.9 Å². The Morgan fingerprint density at radius 1 is 1.04 bits per heavy atom. The molecule has 1 saturated heterocycles. The Kier molecular flexibility index (Phi) is 9.50. The first-order valence-electron chi connectivity index (χ1n) is 13.5. The molecule has 0 atom stereocenters. The molecule has 17 heteroatoms. The number of nitrogens with zero attached hydrogens (tertiary/aromatic N) is 3. The van der Waals surface area contributed by atoms with E-state index in [1.165, 1.54) is 6.08 Å². The van der Waals surface area contributed by atoms with E-state index in [-0.39, 0.29) is 31.4 Å². The largest absolute Gasteiger partial charge is 0.480 e. The van der Waals surface area contributed by atoms with E-state index >= 15 is 0 Å². The third-order valence-corrected chi connectivity index (χ3v) is 10.3. The Morgan fingerprint density at radius 2 is 1.76 bits per heavy atom. The maximum absolute atomic E-state index is 13.3. The van der Waals surface area contributed by atoms with E-state index in [2.05, 4.69) is 0 Å². The molecule has 13 nitrogen and oxygen atoms in total. The first kappa shape index (κ1) is 33.1. The van der Waals surface area contributed by atoms with Gasteiger partial charge in [0.1, 0.15) is 27.0 Å². The highest BCUT2D eigenvalue weighted by Gasteiger charge is 2.35. The van der Waals surface area contributed by atoms with E-state index in [1.54, 1.807) is 30.0 Å². The Hall–Kier alpha value is -4.29. The van der Waals surface area contributed by atoms with Gasteiger partial charge in [-0.1, -0.05) is 60.4 Å². The fraction of sp³-hybridized carbons (Fsp3) is 0.207. The van der Waals surface area contributed by atoms with Gasteiger partial charge in [-0.05, 0) is 42.5 Å². The molecule has 3 N–H and O–H groups in total. The molecule has 0 unspecified atom stereocenters. The second kappa shape index (κ2) is 13.2. The molecule has 5 rings (SSSR count). The number of hydrogen-bond donors (Lipinski definition) is 3. The highest BCUT2D eigenvalue weighted by Crippen LogP contribution is 2.44. The number of anilines is 1. The number of rotatable bonds is 10. The normalized spacial score (nSPS) is 17.7. The van der Waals surface area contributed by atoms with Crippen LogP contribution in [0.1, 0.15) is 13.3 Å². The molecule has 2 aliphatic heterocycles. The molecule has 1 amide bonds. The van der Waals surface area contributed by atoms with Crippen molar-refractivity contribution in [3.05, 3.63) is 79.6 Å². The van der Waals surface area contributed by atoms with Gasteiger partial charge in [-0.2, -0.15) is 8.42 Å². The average Bonchev–Trinajstić information content (AvgIpc) is 3.58. The highest BCUT2D eigenvalue weighted by molar-refractivity contribution is 8.30. The van der Waals surface area contributed by atoms with Crippen molar-refractivity contribution >= 4 is 95.0 Å². The summed E-state index contributed by atoms with van der Waals surface area (Å²) in [5.74, 6) is -2.85. The van der Waals surface area contributed by atoms with E-state index < -0.39 is 52.4 Å². The SMILES string of the molecule is CC(=CC=C1Oc2ccc3ccccc3c2N1CCCS(=O)(=O)O)C=c1s/c(=C2/SC(=S)N(CC(=O)O)C2=O)n(CC(=O)O)c1=O. The first-order chi connectivity index (χ1) is 21.7. The Balaban J connectivity index is 1.55. The summed E-state index contributed by atoms with van der Waals surface area (Å²) >= 11 is 6.82. The maximum atomic E-state index is 13.3. The molecule has 1 aromatic heterocycles. The number of aromatic nitrogens is 1. The third kappa shape index (κ3) is 7.07. The zero-order chi connectivity index (χ0) is 33.3. The minimum absolute atomic E-state index is 0.0233. The second-order valence-corrected chi connectivity index (χ2v) is 14.4. The number of amides is 1. The third-order valence-electron chi connectivity index (χ3n) is 6.78. The quantitative estimate of drug-likeness (QED) is 0.206. The van der Waals surface area contributed by atoms with Gasteiger partial charge in [0.25, 0.3) is 21.6 Å². The fourth-order valence-electron chi connectivity index (χ4n) is 4.85. The van der Waals surface area contributed by atoms with Crippen molar-refractivity contribution in [3.8, 4) is 5.75 Å².